The standard InChI is InChI=1S/C10H13N3O3S/c1-3-5-6(13-15)8(14)7-9(16-5)17-10(12-7)11-4-2/h1,5-9,14H,4H2,2H3,(H,11,12)/t5-,6-,7-,8+,9-/m1/s1. The summed E-state index contributed by atoms with van der Waals surface area (Å²) in [5.74, 6) is 2.33. The van der Waals surface area contributed by atoms with E-state index in [1.807, 2.05) is 6.92 Å². The van der Waals surface area contributed by atoms with Crippen LogP contribution in [0.4, 0.5) is 0 Å². The van der Waals surface area contributed by atoms with Crippen LogP contribution in [0.5, 0.6) is 0 Å². The molecule has 0 aliphatic carbocycles. The van der Waals surface area contributed by atoms with Crippen molar-refractivity contribution >= 4 is 16.9 Å². The average molecular weight is 255 g/mol. The van der Waals surface area contributed by atoms with Gasteiger partial charge in [-0.3, -0.25) is 4.99 Å². The molecular formula is C10H13N3O3S. The Balaban J connectivity index is 2.16. The van der Waals surface area contributed by atoms with Crippen molar-refractivity contribution in [3.63, 3.8) is 0 Å². The highest BCUT2D eigenvalue weighted by Crippen LogP contribution is 2.36. The van der Waals surface area contributed by atoms with Crippen LogP contribution in [0.3, 0.4) is 0 Å². The van der Waals surface area contributed by atoms with Crippen LogP contribution in [0, 0.1) is 17.3 Å². The first-order valence-corrected chi connectivity index (χ1v) is 6.19. The lowest BCUT2D eigenvalue weighted by Gasteiger charge is -2.34. The lowest BCUT2D eigenvalue weighted by atomic mass is 9.97. The Morgan fingerprint density at radius 3 is 3.12 bits per heavy atom. The molecule has 1 fully saturated rings. The molecule has 0 bridgehead atoms. The quantitative estimate of drug-likeness (QED) is 0.533. The molecule has 2 aliphatic rings. The normalized spacial score (nSPS) is 40.1. The molecule has 5 atom stereocenters. The van der Waals surface area contributed by atoms with Crippen molar-refractivity contribution in [2.24, 2.45) is 10.2 Å². The minimum absolute atomic E-state index is 0.349. The van der Waals surface area contributed by atoms with Crippen molar-refractivity contribution in [3.8, 4) is 12.3 Å². The molecule has 6 nitrogen and oxygen atoms in total. The molecule has 2 rings (SSSR count). The predicted molar refractivity (Wildman–Crippen MR) is 65.6 cm³/mol. The number of nitroso groups, excluding NO2 is 1. The molecule has 7 heteroatoms. The fraction of sp³-hybridized carbons (Fsp3) is 0.700. The van der Waals surface area contributed by atoms with Crippen molar-refractivity contribution in [3.05, 3.63) is 4.91 Å². The average Bonchev–Trinajstić information content (AvgIpc) is 2.72. The molecule has 0 unspecified atom stereocenters. The van der Waals surface area contributed by atoms with Gasteiger partial charge in [-0.1, -0.05) is 22.9 Å². The molecular weight excluding hydrogens is 242 g/mol. The molecule has 1 saturated heterocycles. The second-order valence-corrected chi connectivity index (χ2v) is 4.84. The number of aliphatic hydroxyl groups is 1. The first kappa shape index (κ1) is 12.4. The van der Waals surface area contributed by atoms with E-state index in [-0.39, 0.29) is 5.44 Å². The Labute approximate surface area is 103 Å². The van der Waals surface area contributed by atoms with E-state index in [0.29, 0.717) is 5.17 Å². The predicted octanol–water partition coefficient (Wildman–Crippen LogP) is -0.0787. The van der Waals surface area contributed by atoms with Gasteiger partial charge < -0.3 is 15.2 Å². The van der Waals surface area contributed by atoms with Crippen LogP contribution in [0.1, 0.15) is 6.92 Å². The van der Waals surface area contributed by atoms with Crippen molar-refractivity contribution < 1.29 is 9.84 Å². The highest BCUT2D eigenvalue weighted by atomic mass is 32.2. The minimum atomic E-state index is -0.990. The Morgan fingerprint density at radius 2 is 2.53 bits per heavy atom. The monoisotopic (exact) mass is 255 g/mol. The van der Waals surface area contributed by atoms with Crippen LogP contribution < -0.4 is 5.32 Å². The molecule has 0 spiro atoms. The van der Waals surface area contributed by atoms with Gasteiger partial charge in [-0.25, -0.2) is 0 Å². The summed E-state index contributed by atoms with van der Waals surface area (Å²) < 4.78 is 5.53. The summed E-state index contributed by atoms with van der Waals surface area (Å²) in [6.45, 7) is 2.68. The van der Waals surface area contributed by atoms with Crippen LogP contribution in [-0.2, 0) is 4.74 Å². The third-order valence-electron chi connectivity index (χ3n) is 2.68. The lowest BCUT2D eigenvalue weighted by molar-refractivity contribution is -0.0605. The van der Waals surface area contributed by atoms with Crippen LogP contribution >= 0.6 is 11.8 Å². The molecule has 17 heavy (non-hydrogen) atoms. The zero-order valence-electron chi connectivity index (χ0n) is 9.24. The summed E-state index contributed by atoms with van der Waals surface area (Å²) in [6, 6.07) is -1.44. The van der Waals surface area contributed by atoms with E-state index in [1.165, 1.54) is 11.8 Å². The zero-order valence-corrected chi connectivity index (χ0v) is 10.1. The number of ether oxygens (including phenoxy) is 1. The third-order valence-corrected chi connectivity index (χ3v) is 3.77. The van der Waals surface area contributed by atoms with Gasteiger partial charge in [-0.2, -0.15) is 4.91 Å². The van der Waals surface area contributed by atoms with Crippen molar-refractivity contribution in [1.82, 2.24) is 5.32 Å². The van der Waals surface area contributed by atoms with Gasteiger partial charge in [0.15, 0.2) is 11.2 Å². The first-order chi connectivity index (χ1) is 8.21. The molecule has 0 aromatic carbocycles. The number of amidine groups is 1. The maximum Gasteiger partial charge on any atom is 0.159 e. The molecule has 0 saturated carbocycles. The largest absolute Gasteiger partial charge is 0.388 e. The summed E-state index contributed by atoms with van der Waals surface area (Å²) in [5.41, 5.74) is -0.349. The molecule has 2 aliphatic heterocycles. The van der Waals surface area contributed by atoms with E-state index >= 15 is 0 Å². The first-order valence-electron chi connectivity index (χ1n) is 5.31. The number of fused-ring (bicyclic) bond motifs is 1. The van der Waals surface area contributed by atoms with E-state index in [2.05, 4.69) is 21.4 Å². The topological polar surface area (TPSA) is 83.3 Å². The molecule has 2 heterocycles. The molecule has 92 valence electrons. The lowest BCUT2D eigenvalue weighted by Crippen LogP contribution is -2.53. The number of nitrogens with zero attached hydrogens (tertiary/aromatic N) is 2. The number of aliphatic imine (C=N–C) groups is 1. The summed E-state index contributed by atoms with van der Waals surface area (Å²) in [5, 5.41) is 16.6. The number of rotatable bonds is 2. The van der Waals surface area contributed by atoms with E-state index in [9.17, 15) is 10.0 Å². The van der Waals surface area contributed by atoms with Crippen LogP contribution in [-0.4, -0.2) is 46.5 Å². The van der Waals surface area contributed by atoms with Crippen molar-refractivity contribution in [2.45, 2.75) is 36.7 Å². The number of terminal acetylenes is 1. The number of thioether (sulfide) groups is 1. The highest BCUT2D eigenvalue weighted by Gasteiger charge is 2.49. The van der Waals surface area contributed by atoms with Gasteiger partial charge in [-0.15, -0.1) is 6.42 Å². The van der Waals surface area contributed by atoms with E-state index in [1.54, 1.807) is 0 Å². The van der Waals surface area contributed by atoms with Gasteiger partial charge in [0.1, 0.15) is 23.7 Å². The SMILES string of the molecule is C#C[C@H]1O[C@@H]2SC(NCC)=N[C@@H]2[C@@H](O)[C@@H]1N=O. The summed E-state index contributed by atoms with van der Waals surface area (Å²) >= 11 is 1.37. The van der Waals surface area contributed by atoms with E-state index < -0.39 is 24.3 Å². The third kappa shape index (κ3) is 2.16. The molecule has 0 amide bonds. The number of aliphatic hydroxyl groups excluding tert-OH is 1. The summed E-state index contributed by atoms with van der Waals surface area (Å²) in [6.07, 6.45) is 3.49. The Bertz CT molecular complexity index is 381. The Hall–Kier alpha value is -1.10. The fourth-order valence-electron chi connectivity index (χ4n) is 1.85. The van der Waals surface area contributed by atoms with Crippen molar-refractivity contribution in [1.29, 1.82) is 0 Å². The zero-order chi connectivity index (χ0) is 12.4. The van der Waals surface area contributed by atoms with Gasteiger partial charge in [0.2, 0.25) is 0 Å². The van der Waals surface area contributed by atoms with Crippen LogP contribution in [0.25, 0.3) is 0 Å². The maximum absolute atomic E-state index is 10.7. The number of hydrogen-bond donors (Lipinski definition) is 2. The maximum atomic E-state index is 10.7. The molecule has 0 aromatic heterocycles. The number of hydrogen-bond acceptors (Lipinski definition) is 7. The second kappa shape index (κ2) is 5.04. The highest BCUT2D eigenvalue weighted by molar-refractivity contribution is 8.14. The Morgan fingerprint density at radius 1 is 1.76 bits per heavy atom. The van der Waals surface area contributed by atoms with Gasteiger partial charge in [-0.05, 0) is 6.92 Å². The minimum Gasteiger partial charge on any atom is -0.388 e. The van der Waals surface area contributed by atoms with Gasteiger partial charge in [0.05, 0.1) is 0 Å². The van der Waals surface area contributed by atoms with Crippen LogP contribution in [0.15, 0.2) is 10.2 Å². The summed E-state index contributed by atoms with van der Waals surface area (Å²) in [7, 11) is 0. The van der Waals surface area contributed by atoms with Crippen molar-refractivity contribution in [2.75, 3.05) is 6.54 Å². The Kier molecular flexibility index (Phi) is 3.66. The molecule has 2 N–H and O–H groups in total. The van der Waals surface area contributed by atoms with Gasteiger partial charge in [0.25, 0.3) is 0 Å². The number of nitrogens with one attached hydrogen (secondary N) is 1. The van der Waals surface area contributed by atoms with Gasteiger partial charge >= 0.3 is 0 Å². The summed E-state index contributed by atoms with van der Waals surface area (Å²) in [4.78, 5) is 15.0. The van der Waals surface area contributed by atoms with Gasteiger partial charge in [0, 0.05) is 6.54 Å². The smallest absolute Gasteiger partial charge is 0.159 e. The second-order valence-electron chi connectivity index (χ2n) is 3.75. The molecule has 0 radical (unpaired) electrons. The van der Waals surface area contributed by atoms with E-state index in [0.717, 1.165) is 6.54 Å². The van der Waals surface area contributed by atoms with Crippen LogP contribution in [0.2, 0.25) is 0 Å². The molecule has 0 aromatic rings. The van der Waals surface area contributed by atoms with E-state index in [4.69, 9.17) is 11.2 Å². The fourth-order valence-corrected chi connectivity index (χ4v) is 3.02.